The molecule has 0 aromatic carbocycles. The molecule has 6 nitrogen and oxygen atoms in total. The number of amides is 1. The molecule has 1 aliphatic heterocycles. The zero-order valence-corrected chi connectivity index (χ0v) is 12.7. The second-order valence-corrected chi connectivity index (χ2v) is 5.48. The van der Waals surface area contributed by atoms with E-state index in [1.165, 1.54) is 0 Å². The first kappa shape index (κ1) is 15.4. The summed E-state index contributed by atoms with van der Waals surface area (Å²) in [6.07, 6.45) is 1.93. The summed E-state index contributed by atoms with van der Waals surface area (Å²) in [5.74, 6) is 0.647. The summed E-state index contributed by atoms with van der Waals surface area (Å²) in [7, 11) is 0. The summed E-state index contributed by atoms with van der Waals surface area (Å²) >= 11 is 0. The number of nitrogens with zero attached hydrogens (tertiary/aromatic N) is 4. The van der Waals surface area contributed by atoms with Crippen molar-refractivity contribution in [3.8, 4) is 0 Å². The maximum absolute atomic E-state index is 11.8. The second-order valence-electron chi connectivity index (χ2n) is 5.48. The van der Waals surface area contributed by atoms with Gasteiger partial charge in [0.25, 0.3) is 5.91 Å². The standard InChI is InChI=1S/C15H23N5O/c1-4-7-19-8-10-20(11-9-19)14-6-5-13(17-18-14)15(21)16-12(2)3/h4-6,12H,1,7-11H2,2-3H3,(H,16,21). The highest BCUT2D eigenvalue weighted by atomic mass is 16.2. The molecule has 1 N–H and O–H groups in total. The number of hydrogen-bond donors (Lipinski definition) is 1. The van der Waals surface area contributed by atoms with Crippen LogP contribution in [0.1, 0.15) is 24.3 Å². The molecule has 114 valence electrons. The largest absolute Gasteiger partial charge is 0.353 e. The van der Waals surface area contributed by atoms with E-state index in [0.717, 1.165) is 38.5 Å². The van der Waals surface area contributed by atoms with Crippen molar-refractivity contribution >= 4 is 11.7 Å². The van der Waals surface area contributed by atoms with Crippen LogP contribution < -0.4 is 10.2 Å². The minimum atomic E-state index is -0.181. The fraction of sp³-hybridized carbons (Fsp3) is 0.533. The number of rotatable bonds is 5. The van der Waals surface area contributed by atoms with Crippen molar-refractivity contribution in [2.45, 2.75) is 19.9 Å². The van der Waals surface area contributed by atoms with Crippen molar-refractivity contribution in [3.63, 3.8) is 0 Å². The van der Waals surface area contributed by atoms with E-state index in [1.54, 1.807) is 6.07 Å². The van der Waals surface area contributed by atoms with Crippen molar-refractivity contribution in [2.75, 3.05) is 37.6 Å². The molecule has 0 spiro atoms. The van der Waals surface area contributed by atoms with Crippen LogP contribution in [0.2, 0.25) is 0 Å². The Morgan fingerprint density at radius 1 is 1.33 bits per heavy atom. The van der Waals surface area contributed by atoms with Crippen LogP contribution in [0.3, 0.4) is 0 Å². The van der Waals surface area contributed by atoms with E-state index in [2.05, 4.69) is 31.9 Å². The number of carbonyl (C=O) groups excluding carboxylic acids is 1. The summed E-state index contributed by atoms with van der Waals surface area (Å²) in [5, 5.41) is 11.0. The van der Waals surface area contributed by atoms with Crippen LogP contribution >= 0.6 is 0 Å². The molecule has 1 fully saturated rings. The lowest BCUT2D eigenvalue weighted by molar-refractivity contribution is 0.0937. The van der Waals surface area contributed by atoms with E-state index < -0.39 is 0 Å². The Labute approximate surface area is 125 Å². The Bertz CT molecular complexity index is 477. The average molecular weight is 289 g/mol. The molecule has 1 aromatic rings. The van der Waals surface area contributed by atoms with Crippen LogP contribution in [0.15, 0.2) is 24.8 Å². The van der Waals surface area contributed by atoms with E-state index >= 15 is 0 Å². The van der Waals surface area contributed by atoms with Gasteiger partial charge < -0.3 is 10.2 Å². The zero-order chi connectivity index (χ0) is 15.2. The smallest absolute Gasteiger partial charge is 0.271 e. The predicted octanol–water partition coefficient (Wildman–Crippen LogP) is 0.923. The van der Waals surface area contributed by atoms with Gasteiger partial charge in [-0.2, -0.15) is 0 Å². The second kappa shape index (κ2) is 7.17. The summed E-state index contributed by atoms with van der Waals surface area (Å²) in [5.41, 5.74) is 0.359. The lowest BCUT2D eigenvalue weighted by Crippen LogP contribution is -2.46. The van der Waals surface area contributed by atoms with Gasteiger partial charge in [-0.1, -0.05) is 6.08 Å². The summed E-state index contributed by atoms with van der Waals surface area (Å²) in [6.45, 7) is 12.3. The highest BCUT2D eigenvalue weighted by molar-refractivity contribution is 5.92. The van der Waals surface area contributed by atoms with Crippen molar-refractivity contribution in [1.82, 2.24) is 20.4 Å². The van der Waals surface area contributed by atoms with Gasteiger partial charge in [0.1, 0.15) is 0 Å². The third-order valence-electron chi connectivity index (χ3n) is 3.39. The molecule has 1 amide bonds. The summed E-state index contributed by atoms with van der Waals surface area (Å²) < 4.78 is 0. The van der Waals surface area contributed by atoms with E-state index in [4.69, 9.17) is 0 Å². The number of nitrogens with one attached hydrogen (secondary N) is 1. The molecule has 1 saturated heterocycles. The Morgan fingerprint density at radius 2 is 2.05 bits per heavy atom. The van der Waals surface area contributed by atoms with Crippen molar-refractivity contribution < 1.29 is 4.79 Å². The van der Waals surface area contributed by atoms with Gasteiger partial charge in [-0.05, 0) is 26.0 Å². The van der Waals surface area contributed by atoms with E-state index in [1.807, 2.05) is 26.0 Å². The molecule has 0 saturated carbocycles. The lowest BCUT2D eigenvalue weighted by atomic mass is 10.3. The molecule has 0 atom stereocenters. The van der Waals surface area contributed by atoms with Gasteiger partial charge in [0.05, 0.1) is 0 Å². The average Bonchev–Trinajstić information content (AvgIpc) is 2.48. The first-order valence-electron chi connectivity index (χ1n) is 7.33. The van der Waals surface area contributed by atoms with Gasteiger partial charge in [0.2, 0.25) is 0 Å². The first-order chi connectivity index (χ1) is 10.1. The first-order valence-corrected chi connectivity index (χ1v) is 7.33. The number of hydrogen-bond acceptors (Lipinski definition) is 5. The highest BCUT2D eigenvalue weighted by Crippen LogP contribution is 2.12. The van der Waals surface area contributed by atoms with Crippen molar-refractivity contribution in [1.29, 1.82) is 0 Å². The van der Waals surface area contributed by atoms with Crippen LogP contribution in [0.5, 0.6) is 0 Å². The number of aromatic nitrogens is 2. The SMILES string of the molecule is C=CCN1CCN(c2ccc(C(=O)NC(C)C)nn2)CC1. The van der Waals surface area contributed by atoms with E-state index in [-0.39, 0.29) is 11.9 Å². The maximum atomic E-state index is 11.8. The minimum Gasteiger partial charge on any atom is -0.353 e. The molecule has 0 unspecified atom stereocenters. The molecular formula is C15H23N5O. The number of carbonyl (C=O) groups is 1. The molecule has 2 heterocycles. The van der Waals surface area contributed by atoms with Gasteiger partial charge in [-0.25, -0.2) is 0 Å². The van der Waals surface area contributed by atoms with Gasteiger partial charge in [-0.3, -0.25) is 9.69 Å². The number of piperazine rings is 1. The molecule has 0 bridgehead atoms. The molecular weight excluding hydrogens is 266 g/mol. The monoisotopic (exact) mass is 289 g/mol. The molecule has 21 heavy (non-hydrogen) atoms. The van der Waals surface area contributed by atoms with Crippen LogP contribution in [0.25, 0.3) is 0 Å². The fourth-order valence-electron chi connectivity index (χ4n) is 2.29. The molecule has 1 aliphatic rings. The molecule has 0 radical (unpaired) electrons. The minimum absolute atomic E-state index is 0.0944. The van der Waals surface area contributed by atoms with Crippen molar-refractivity contribution in [3.05, 3.63) is 30.5 Å². The molecule has 1 aromatic heterocycles. The van der Waals surface area contributed by atoms with E-state index in [0.29, 0.717) is 5.69 Å². The highest BCUT2D eigenvalue weighted by Gasteiger charge is 2.18. The molecule has 2 rings (SSSR count). The summed E-state index contributed by atoms with van der Waals surface area (Å²) in [4.78, 5) is 16.4. The van der Waals surface area contributed by atoms with E-state index in [9.17, 15) is 4.79 Å². The van der Waals surface area contributed by atoms with Crippen molar-refractivity contribution in [2.24, 2.45) is 0 Å². The Hall–Kier alpha value is -1.95. The third-order valence-corrected chi connectivity index (χ3v) is 3.39. The summed E-state index contributed by atoms with van der Waals surface area (Å²) in [6, 6.07) is 3.69. The van der Waals surface area contributed by atoms with Gasteiger partial charge in [-0.15, -0.1) is 16.8 Å². The maximum Gasteiger partial charge on any atom is 0.271 e. The van der Waals surface area contributed by atoms with Gasteiger partial charge in [0.15, 0.2) is 11.5 Å². The number of anilines is 1. The van der Waals surface area contributed by atoms with Gasteiger partial charge >= 0.3 is 0 Å². The Balaban J connectivity index is 1.94. The lowest BCUT2D eigenvalue weighted by Gasteiger charge is -2.34. The van der Waals surface area contributed by atoms with Crippen LogP contribution in [-0.2, 0) is 0 Å². The normalized spacial score (nSPS) is 16.0. The van der Waals surface area contributed by atoms with Crippen LogP contribution in [-0.4, -0.2) is 59.8 Å². The molecule has 0 aliphatic carbocycles. The predicted molar refractivity (Wildman–Crippen MR) is 83.5 cm³/mol. The topological polar surface area (TPSA) is 61.4 Å². The van der Waals surface area contributed by atoms with Gasteiger partial charge in [0, 0.05) is 38.8 Å². The zero-order valence-electron chi connectivity index (χ0n) is 12.7. The quantitative estimate of drug-likeness (QED) is 0.817. The Kier molecular flexibility index (Phi) is 5.27. The fourth-order valence-corrected chi connectivity index (χ4v) is 2.29. The molecule has 6 heteroatoms. The van der Waals surface area contributed by atoms with Crippen LogP contribution in [0, 0.1) is 0 Å². The van der Waals surface area contributed by atoms with Crippen LogP contribution in [0.4, 0.5) is 5.82 Å². The third kappa shape index (κ3) is 4.26. The Morgan fingerprint density at radius 3 is 2.57 bits per heavy atom.